The van der Waals surface area contributed by atoms with Crippen LogP contribution < -0.4 is 0 Å². The summed E-state index contributed by atoms with van der Waals surface area (Å²) in [5.41, 5.74) is 6.61. The van der Waals surface area contributed by atoms with Gasteiger partial charge in [0.2, 0.25) is 5.78 Å². The number of para-hydroxylation sites is 3. The Morgan fingerprint density at radius 3 is 2.00 bits per heavy atom. The zero-order chi connectivity index (χ0) is 21.2. The molecule has 0 saturated carbocycles. The van der Waals surface area contributed by atoms with Gasteiger partial charge in [0.25, 0.3) is 0 Å². The number of hydrogen-bond acceptors (Lipinski definition) is 2. The molecule has 0 amide bonds. The van der Waals surface area contributed by atoms with Gasteiger partial charge in [-0.05, 0) is 29.1 Å². The number of nitrogens with zero attached hydrogens (tertiary/aromatic N) is 3. The van der Waals surface area contributed by atoms with Gasteiger partial charge in [-0.25, -0.2) is 4.98 Å². The molecule has 3 heterocycles. The fourth-order valence-electron chi connectivity index (χ4n) is 4.96. The first-order valence-electron chi connectivity index (χ1n) is 10.6. The topological polar surface area (TPSA) is 21.7 Å². The van der Waals surface area contributed by atoms with E-state index in [-0.39, 0.29) is 0 Å². The highest BCUT2D eigenvalue weighted by Crippen LogP contribution is 2.38. The molecule has 0 saturated heterocycles. The van der Waals surface area contributed by atoms with Gasteiger partial charge < -0.3 is 0 Å². The van der Waals surface area contributed by atoms with Crippen molar-refractivity contribution in [2.45, 2.75) is 0 Å². The van der Waals surface area contributed by atoms with E-state index >= 15 is 0 Å². The SMILES string of the molecule is S=c1c2ccccc2c(-c2ccccc2)c2c3ccccc3n3c4ccccc4nc3n12. The van der Waals surface area contributed by atoms with E-state index in [1.807, 2.05) is 6.07 Å². The van der Waals surface area contributed by atoms with Gasteiger partial charge in [-0.2, -0.15) is 0 Å². The van der Waals surface area contributed by atoms with E-state index in [2.05, 4.69) is 106 Å². The lowest BCUT2D eigenvalue weighted by Crippen LogP contribution is -2.03. The van der Waals surface area contributed by atoms with Gasteiger partial charge in [-0.3, -0.25) is 8.80 Å². The van der Waals surface area contributed by atoms with Gasteiger partial charge in [-0.15, -0.1) is 0 Å². The average Bonchev–Trinajstić information content (AvgIpc) is 3.24. The number of hydrogen-bond donors (Lipinski definition) is 0. The van der Waals surface area contributed by atoms with Crippen LogP contribution in [0.2, 0.25) is 0 Å². The normalized spacial score (nSPS) is 11.9. The van der Waals surface area contributed by atoms with E-state index in [1.54, 1.807) is 0 Å². The van der Waals surface area contributed by atoms with Crippen LogP contribution in [0.4, 0.5) is 0 Å². The highest BCUT2D eigenvalue weighted by atomic mass is 32.1. The molecular formula is C28H17N3S. The number of imidazole rings is 1. The first-order valence-corrected chi connectivity index (χ1v) is 11.0. The molecule has 7 aromatic rings. The van der Waals surface area contributed by atoms with Crippen LogP contribution in [0.25, 0.3) is 55.1 Å². The Balaban J connectivity index is 1.91. The summed E-state index contributed by atoms with van der Waals surface area (Å²) in [5, 5.41) is 3.37. The summed E-state index contributed by atoms with van der Waals surface area (Å²) in [5.74, 6) is 0.841. The van der Waals surface area contributed by atoms with Gasteiger partial charge in [0.15, 0.2) is 0 Å². The van der Waals surface area contributed by atoms with Crippen molar-refractivity contribution in [3.05, 3.63) is 108 Å². The van der Waals surface area contributed by atoms with E-state index < -0.39 is 0 Å². The maximum absolute atomic E-state index is 6.11. The summed E-state index contributed by atoms with van der Waals surface area (Å²) in [7, 11) is 0. The maximum Gasteiger partial charge on any atom is 0.221 e. The second-order valence-corrected chi connectivity index (χ2v) is 8.42. The van der Waals surface area contributed by atoms with Gasteiger partial charge in [-0.1, -0.05) is 97.1 Å². The lowest BCUT2D eigenvalue weighted by molar-refractivity contribution is 1.10. The maximum atomic E-state index is 6.11. The summed E-state index contributed by atoms with van der Waals surface area (Å²) in [6.07, 6.45) is 0. The van der Waals surface area contributed by atoms with E-state index in [0.717, 1.165) is 48.6 Å². The van der Waals surface area contributed by atoms with Crippen LogP contribution in [-0.4, -0.2) is 13.8 Å². The molecule has 0 atom stereocenters. The Morgan fingerprint density at radius 2 is 1.19 bits per heavy atom. The minimum absolute atomic E-state index is 0.779. The molecule has 32 heavy (non-hydrogen) atoms. The predicted octanol–water partition coefficient (Wildman–Crippen LogP) is 7.44. The number of pyridine rings is 1. The van der Waals surface area contributed by atoms with Crippen LogP contribution in [-0.2, 0) is 0 Å². The predicted molar refractivity (Wildman–Crippen MR) is 135 cm³/mol. The molecule has 0 aliphatic rings. The van der Waals surface area contributed by atoms with Crippen molar-refractivity contribution < 1.29 is 0 Å². The number of benzene rings is 4. The number of aromatic nitrogens is 3. The van der Waals surface area contributed by atoms with E-state index in [9.17, 15) is 0 Å². The molecule has 0 spiro atoms. The largest absolute Gasteiger partial charge is 0.277 e. The fourth-order valence-corrected chi connectivity index (χ4v) is 5.31. The van der Waals surface area contributed by atoms with E-state index in [1.165, 1.54) is 11.1 Å². The Labute approximate surface area is 188 Å². The van der Waals surface area contributed by atoms with Crippen LogP contribution >= 0.6 is 12.2 Å². The van der Waals surface area contributed by atoms with Crippen molar-refractivity contribution >= 4 is 56.2 Å². The van der Waals surface area contributed by atoms with E-state index in [0.29, 0.717) is 0 Å². The summed E-state index contributed by atoms with van der Waals surface area (Å²) < 4.78 is 5.18. The van der Waals surface area contributed by atoms with Crippen LogP contribution in [0.1, 0.15) is 0 Å². The molecule has 0 radical (unpaired) electrons. The monoisotopic (exact) mass is 427 g/mol. The molecular weight excluding hydrogens is 410 g/mol. The van der Waals surface area contributed by atoms with Crippen molar-refractivity contribution in [1.82, 2.24) is 13.8 Å². The molecule has 0 unspecified atom stereocenters. The minimum atomic E-state index is 0.779. The zero-order valence-electron chi connectivity index (χ0n) is 17.1. The molecule has 0 N–H and O–H groups in total. The van der Waals surface area contributed by atoms with Crippen LogP contribution in [0.3, 0.4) is 0 Å². The first kappa shape index (κ1) is 17.6. The zero-order valence-corrected chi connectivity index (χ0v) is 17.9. The van der Waals surface area contributed by atoms with Gasteiger partial charge in [0.05, 0.1) is 22.1 Å². The molecule has 3 aromatic heterocycles. The molecule has 7 rings (SSSR count). The summed E-state index contributed by atoms with van der Waals surface area (Å²) >= 11 is 6.11. The summed E-state index contributed by atoms with van der Waals surface area (Å²) in [6.45, 7) is 0. The van der Waals surface area contributed by atoms with Crippen molar-refractivity contribution in [3.63, 3.8) is 0 Å². The smallest absolute Gasteiger partial charge is 0.221 e. The third-order valence-corrected chi connectivity index (χ3v) is 6.70. The lowest BCUT2D eigenvalue weighted by Gasteiger charge is -2.17. The van der Waals surface area contributed by atoms with Crippen molar-refractivity contribution in [1.29, 1.82) is 0 Å². The Kier molecular flexibility index (Phi) is 3.58. The molecule has 0 aliphatic heterocycles. The van der Waals surface area contributed by atoms with E-state index in [4.69, 9.17) is 17.2 Å². The quantitative estimate of drug-likeness (QED) is 0.154. The molecule has 150 valence electrons. The second-order valence-electron chi connectivity index (χ2n) is 8.03. The Hall–Kier alpha value is -4.02. The highest BCUT2D eigenvalue weighted by Gasteiger charge is 2.19. The summed E-state index contributed by atoms with van der Waals surface area (Å²) in [6, 6.07) is 35.8. The minimum Gasteiger partial charge on any atom is -0.277 e. The molecule has 3 nitrogen and oxygen atoms in total. The third-order valence-electron chi connectivity index (χ3n) is 6.30. The molecule has 4 aromatic carbocycles. The van der Waals surface area contributed by atoms with Crippen LogP contribution in [0.15, 0.2) is 103 Å². The second kappa shape index (κ2) is 6.49. The summed E-state index contributed by atoms with van der Waals surface area (Å²) in [4.78, 5) is 5.06. The molecule has 0 aliphatic carbocycles. The first-order chi connectivity index (χ1) is 15.8. The lowest BCUT2D eigenvalue weighted by atomic mass is 9.96. The van der Waals surface area contributed by atoms with Crippen molar-refractivity contribution in [2.24, 2.45) is 0 Å². The number of fused-ring (bicyclic) bond motifs is 9. The van der Waals surface area contributed by atoms with Crippen LogP contribution in [0, 0.1) is 4.64 Å². The Morgan fingerprint density at radius 1 is 0.562 bits per heavy atom. The van der Waals surface area contributed by atoms with Crippen molar-refractivity contribution in [2.75, 3.05) is 0 Å². The fraction of sp³-hybridized carbons (Fsp3) is 0. The standard InChI is InChI=1S/C28H17N3S/c32-27-20-13-5-4-12-19(20)25(18-10-2-1-3-11-18)26-21-14-6-8-16-23(21)30-24-17-9-7-15-22(24)29-28(30)31(26)27/h1-17H. The average molecular weight is 428 g/mol. The van der Waals surface area contributed by atoms with Crippen molar-refractivity contribution in [3.8, 4) is 11.1 Å². The van der Waals surface area contributed by atoms with Gasteiger partial charge >= 0.3 is 0 Å². The molecule has 0 fully saturated rings. The van der Waals surface area contributed by atoms with Crippen LogP contribution in [0.5, 0.6) is 0 Å². The number of rotatable bonds is 1. The molecule has 4 heteroatoms. The highest BCUT2D eigenvalue weighted by molar-refractivity contribution is 7.71. The Bertz CT molecular complexity index is 1900. The molecule has 0 bridgehead atoms. The van der Waals surface area contributed by atoms with Gasteiger partial charge in [0.1, 0.15) is 4.64 Å². The van der Waals surface area contributed by atoms with Gasteiger partial charge in [0, 0.05) is 16.3 Å². The third kappa shape index (κ3) is 2.24.